The number of anilines is 1. The van der Waals surface area contributed by atoms with Crippen LogP contribution in [-0.4, -0.2) is 4.98 Å². The number of benzene rings is 2. The second kappa shape index (κ2) is 4.82. The van der Waals surface area contributed by atoms with Crippen LogP contribution in [0, 0.1) is 0 Å². The molecule has 1 aromatic heterocycles. The van der Waals surface area contributed by atoms with Gasteiger partial charge < -0.3 is 9.73 Å². The predicted octanol–water partition coefficient (Wildman–Crippen LogP) is 4.20. The SMILES string of the molecule is Brc1cccc(NCc2nc3ccccc3o2)c1. The van der Waals surface area contributed by atoms with Crippen molar-refractivity contribution in [3.8, 4) is 0 Å². The standard InChI is InChI=1S/C14H11BrN2O/c15-10-4-3-5-11(8-10)16-9-14-17-12-6-1-2-7-13(12)18-14/h1-8,16H,9H2. The number of hydrogen-bond acceptors (Lipinski definition) is 3. The Hall–Kier alpha value is -1.81. The van der Waals surface area contributed by atoms with Crippen LogP contribution in [0.15, 0.2) is 57.4 Å². The summed E-state index contributed by atoms with van der Waals surface area (Å²) in [4.78, 5) is 4.41. The minimum absolute atomic E-state index is 0.575. The number of halogens is 1. The van der Waals surface area contributed by atoms with E-state index in [4.69, 9.17) is 4.42 Å². The van der Waals surface area contributed by atoms with Crippen molar-refractivity contribution in [2.24, 2.45) is 0 Å². The van der Waals surface area contributed by atoms with Crippen molar-refractivity contribution in [3.05, 3.63) is 58.9 Å². The molecule has 3 nitrogen and oxygen atoms in total. The maximum atomic E-state index is 5.63. The number of para-hydroxylation sites is 2. The summed E-state index contributed by atoms with van der Waals surface area (Å²) in [7, 11) is 0. The quantitative estimate of drug-likeness (QED) is 0.788. The first-order chi connectivity index (χ1) is 8.81. The molecule has 0 amide bonds. The van der Waals surface area contributed by atoms with Gasteiger partial charge in [-0.25, -0.2) is 4.98 Å². The Morgan fingerprint density at radius 3 is 2.83 bits per heavy atom. The van der Waals surface area contributed by atoms with Gasteiger partial charge in [0, 0.05) is 10.2 Å². The molecule has 90 valence electrons. The van der Waals surface area contributed by atoms with Crippen LogP contribution in [0.2, 0.25) is 0 Å². The Morgan fingerprint density at radius 2 is 2.00 bits per heavy atom. The predicted molar refractivity (Wildman–Crippen MR) is 75.5 cm³/mol. The van der Waals surface area contributed by atoms with E-state index < -0.39 is 0 Å². The molecule has 0 atom stereocenters. The molecule has 0 bridgehead atoms. The van der Waals surface area contributed by atoms with E-state index >= 15 is 0 Å². The number of aromatic nitrogens is 1. The number of fused-ring (bicyclic) bond motifs is 1. The van der Waals surface area contributed by atoms with E-state index in [2.05, 4.69) is 26.2 Å². The lowest BCUT2D eigenvalue weighted by molar-refractivity contribution is 0.540. The van der Waals surface area contributed by atoms with E-state index in [1.165, 1.54) is 0 Å². The summed E-state index contributed by atoms with van der Waals surface area (Å²) in [5.41, 5.74) is 2.75. The van der Waals surface area contributed by atoms with Crippen LogP contribution in [-0.2, 0) is 6.54 Å². The summed E-state index contributed by atoms with van der Waals surface area (Å²) in [6, 6.07) is 15.8. The van der Waals surface area contributed by atoms with Gasteiger partial charge in [0.25, 0.3) is 0 Å². The van der Waals surface area contributed by atoms with Crippen LogP contribution in [0.25, 0.3) is 11.1 Å². The van der Waals surface area contributed by atoms with Crippen LogP contribution in [0.3, 0.4) is 0 Å². The summed E-state index contributed by atoms with van der Waals surface area (Å²) in [6.45, 7) is 0.575. The molecule has 0 aliphatic heterocycles. The molecule has 1 heterocycles. The third kappa shape index (κ3) is 2.38. The summed E-state index contributed by atoms with van der Waals surface area (Å²) >= 11 is 3.44. The highest BCUT2D eigenvalue weighted by atomic mass is 79.9. The average molecular weight is 303 g/mol. The van der Waals surface area contributed by atoms with Gasteiger partial charge in [0.15, 0.2) is 5.58 Å². The van der Waals surface area contributed by atoms with Gasteiger partial charge in [0.2, 0.25) is 5.89 Å². The molecule has 0 radical (unpaired) electrons. The van der Waals surface area contributed by atoms with E-state index in [0.717, 1.165) is 21.3 Å². The first kappa shape index (κ1) is 11.3. The molecular weight excluding hydrogens is 292 g/mol. The topological polar surface area (TPSA) is 38.1 Å². The van der Waals surface area contributed by atoms with E-state index in [9.17, 15) is 0 Å². The Morgan fingerprint density at radius 1 is 1.11 bits per heavy atom. The van der Waals surface area contributed by atoms with Gasteiger partial charge in [-0.2, -0.15) is 0 Å². The molecule has 0 spiro atoms. The van der Waals surface area contributed by atoms with Gasteiger partial charge >= 0.3 is 0 Å². The van der Waals surface area contributed by atoms with E-state index in [1.54, 1.807) is 0 Å². The van der Waals surface area contributed by atoms with Crippen LogP contribution in [0.5, 0.6) is 0 Å². The normalized spacial score (nSPS) is 10.7. The maximum absolute atomic E-state index is 5.63. The summed E-state index contributed by atoms with van der Waals surface area (Å²) in [5.74, 6) is 0.691. The molecule has 0 unspecified atom stereocenters. The fraction of sp³-hybridized carbons (Fsp3) is 0.0714. The average Bonchev–Trinajstić information content (AvgIpc) is 2.79. The van der Waals surface area contributed by atoms with Crippen molar-refractivity contribution in [1.29, 1.82) is 0 Å². The Balaban J connectivity index is 1.76. The number of nitrogens with zero attached hydrogens (tertiary/aromatic N) is 1. The molecule has 0 saturated carbocycles. The monoisotopic (exact) mass is 302 g/mol. The molecule has 4 heteroatoms. The van der Waals surface area contributed by atoms with Gasteiger partial charge in [-0.3, -0.25) is 0 Å². The molecule has 2 aromatic carbocycles. The smallest absolute Gasteiger partial charge is 0.214 e. The zero-order chi connectivity index (χ0) is 12.4. The second-order valence-electron chi connectivity index (χ2n) is 3.94. The zero-order valence-electron chi connectivity index (χ0n) is 9.56. The van der Waals surface area contributed by atoms with Crippen molar-refractivity contribution in [3.63, 3.8) is 0 Å². The van der Waals surface area contributed by atoms with Gasteiger partial charge in [-0.1, -0.05) is 34.1 Å². The Bertz CT molecular complexity index is 645. The van der Waals surface area contributed by atoms with Crippen molar-refractivity contribution in [2.75, 3.05) is 5.32 Å². The molecule has 0 saturated heterocycles. The zero-order valence-corrected chi connectivity index (χ0v) is 11.1. The summed E-state index contributed by atoms with van der Waals surface area (Å²) in [6.07, 6.45) is 0. The van der Waals surface area contributed by atoms with Crippen LogP contribution < -0.4 is 5.32 Å². The van der Waals surface area contributed by atoms with Crippen LogP contribution >= 0.6 is 15.9 Å². The minimum Gasteiger partial charge on any atom is -0.439 e. The highest BCUT2D eigenvalue weighted by molar-refractivity contribution is 9.10. The van der Waals surface area contributed by atoms with Gasteiger partial charge in [-0.15, -0.1) is 0 Å². The molecule has 0 aliphatic carbocycles. The van der Waals surface area contributed by atoms with Crippen LogP contribution in [0.1, 0.15) is 5.89 Å². The molecule has 0 aliphatic rings. The fourth-order valence-electron chi connectivity index (χ4n) is 1.77. The first-order valence-corrected chi connectivity index (χ1v) is 6.44. The molecule has 18 heavy (non-hydrogen) atoms. The lowest BCUT2D eigenvalue weighted by Gasteiger charge is -2.03. The van der Waals surface area contributed by atoms with E-state index in [0.29, 0.717) is 12.4 Å². The molecule has 1 N–H and O–H groups in total. The Kier molecular flexibility index (Phi) is 3.02. The molecular formula is C14H11BrN2O. The fourth-order valence-corrected chi connectivity index (χ4v) is 2.17. The number of nitrogens with one attached hydrogen (secondary N) is 1. The lowest BCUT2D eigenvalue weighted by atomic mass is 10.3. The van der Waals surface area contributed by atoms with E-state index in [-0.39, 0.29) is 0 Å². The van der Waals surface area contributed by atoms with E-state index in [1.807, 2.05) is 48.5 Å². The summed E-state index contributed by atoms with van der Waals surface area (Å²) < 4.78 is 6.68. The first-order valence-electron chi connectivity index (χ1n) is 5.65. The van der Waals surface area contributed by atoms with Crippen molar-refractivity contribution in [1.82, 2.24) is 4.98 Å². The third-order valence-electron chi connectivity index (χ3n) is 2.61. The largest absolute Gasteiger partial charge is 0.439 e. The van der Waals surface area contributed by atoms with Gasteiger partial charge in [0.05, 0.1) is 6.54 Å². The third-order valence-corrected chi connectivity index (χ3v) is 3.10. The minimum atomic E-state index is 0.575. The summed E-state index contributed by atoms with van der Waals surface area (Å²) in [5, 5.41) is 3.28. The number of oxazole rings is 1. The van der Waals surface area contributed by atoms with Gasteiger partial charge in [0.1, 0.15) is 5.52 Å². The van der Waals surface area contributed by atoms with Crippen molar-refractivity contribution >= 4 is 32.7 Å². The number of rotatable bonds is 3. The highest BCUT2D eigenvalue weighted by Gasteiger charge is 2.04. The van der Waals surface area contributed by atoms with Crippen molar-refractivity contribution < 1.29 is 4.42 Å². The highest BCUT2D eigenvalue weighted by Crippen LogP contribution is 2.18. The van der Waals surface area contributed by atoms with Crippen molar-refractivity contribution in [2.45, 2.75) is 6.54 Å². The van der Waals surface area contributed by atoms with Gasteiger partial charge in [-0.05, 0) is 30.3 Å². The lowest BCUT2D eigenvalue weighted by Crippen LogP contribution is -1.99. The molecule has 0 fully saturated rings. The Labute approximate surface area is 113 Å². The van der Waals surface area contributed by atoms with Crippen LogP contribution in [0.4, 0.5) is 5.69 Å². The molecule has 3 aromatic rings. The molecule has 3 rings (SSSR count). The second-order valence-corrected chi connectivity index (χ2v) is 4.85. The number of hydrogen-bond donors (Lipinski definition) is 1. The maximum Gasteiger partial charge on any atom is 0.214 e.